The standard InChI is InChI=1S/C24H19N3O.C24H21N3.2C23H20N2.C21H18N2.C17H16N2/c1-15(2)22-25-23(16-8-4-3-5-9-16)27-24(26-22)17-12-13-19-18-10-6-7-11-20(18)28-21(19)14-17;1-17(2)22-25-23(20-11-7-4-8-12-20)27-24(26-22)21-15-13-19(14-16-21)18-9-5-3-6-10-18;1-16(2)19-14-9-15-20-21(19)22(17-10-5-3-6-11-17)25-23(24-20)18-12-7-4-8-13-18;1-16(2)19-13-14-21-20(15-19)22(17-9-5-3-6-10-17)25-23(24-21)18-11-7-4-8-12-18;1-14(2)21-22-19(16-9-4-3-5-10-16)18-13-12-15-8-6-7-11-17(15)20(18)23-21;1-12(2)17-18-15-11-7-6-10-14(15)16(19-17)13-8-4-3-5-9-13/h3-15H,1-2H3;3-17H,1-2H3;2*3-16H,1-2H3;3-14H,1-2H3;3-12H,1-2H3. The molecular formula is C132H114N14O. The molecule has 0 radical (unpaired) electrons. The number of hydrogen-bond acceptors (Lipinski definition) is 15. The van der Waals surface area contributed by atoms with Gasteiger partial charge in [-0.15, -0.1) is 0 Å². The minimum absolute atomic E-state index is 0.208. The molecule has 147 heavy (non-hydrogen) atoms. The number of furan rings is 1. The van der Waals surface area contributed by atoms with Crippen LogP contribution in [0.25, 0.3) is 201 Å². The first-order valence-electron chi connectivity index (χ1n) is 50.5. The van der Waals surface area contributed by atoms with Crippen molar-refractivity contribution in [3.8, 4) is 124 Å². The molecule has 0 unspecified atom stereocenters. The molecule has 0 aliphatic heterocycles. The zero-order chi connectivity index (χ0) is 101. The lowest BCUT2D eigenvalue weighted by molar-refractivity contribution is 0.669. The Morgan fingerprint density at radius 2 is 0.503 bits per heavy atom. The van der Waals surface area contributed by atoms with Gasteiger partial charge in [0.2, 0.25) is 0 Å². The Kier molecular flexibility index (Phi) is 30.4. The summed E-state index contributed by atoms with van der Waals surface area (Å²) in [6.07, 6.45) is 0. The molecule has 0 aliphatic carbocycles. The molecule has 15 nitrogen and oxygen atoms in total. The van der Waals surface area contributed by atoms with E-state index in [1.54, 1.807) is 0 Å². The van der Waals surface area contributed by atoms with Gasteiger partial charge >= 0.3 is 0 Å². The SMILES string of the molecule is CC(C)c1ccc2nc(-c3ccccc3)nc(-c3ccccc3)c2c1.CC(C)c1cccc2nc(-c3ccccc3)nc(-c3ccccc3)c12.CC(C)c1nc(-c2ccccc2)c2ccc3ccccc3c2n1.CC(C)c1nc(-c2ccccc2)c2ccccc2n1.CC(C)c1nc(-c2ccccc2)nc(-c2ccc(-c3ccccc3)cc2)n1.CC(C)c1nc(-c2ccccc2)nc(-c2ccc3c(c2)oc2ccccc23)n1. The Morgan fingerprint density at radius 1 is 0.170 bits per heavy atom. The molecule has 0 spiro atoms. The molecule has 0 bridgehead atoms. The largest absolute Gasteiger partial charge is 0.456 e. The highest BCUT2D eigenvalue weighted by Gasteiger charge is 2.23. The topological polar surface area (TPSA) is 194 Å². The van der Waals surface area contributed by atoms with E-state index in [9.17, 15) is 0 Å². The summed E-state index contributed by atoms with van der Waals surface area (Å²) in [7, 11) is 0. The highest BCUT2D eigenvalue weighted by molar-refractivity contribution is 6.10. The van der Waals surface area contributed by atoms with Crippen LogP contribution in [-0.2, 0) is 0 Å². The monoisotopic (exact) mass is 1910 g/mol. The first-order chi connectivity index (χ1) is 71.8. The van der Waals surface area contributed by atoms with Crippen LogP contribution >= 0.6 is 0 Å². The Labute approximate surface area is 859 Å². The Balaban J connectivity index is 0.000000112. The van der Waals surface area contributed by atoms with E-state index in [4.69, 9.17) is 59.2 Å². The van der Waals surface area contributed by atoms with E-state index in [0.29, 0.717) is 41.1 Å². The van der Waals surface area contributed by atoms with Crippen LogP contribution in [0.1, 0.15) is 153 Å². The first kappa shape index (κ1) is 98.0. The average Bonchev–Trinajstić information content (AvgIpc) is 1.75. The number of rotatable bonds is 17. The maximum absolute atomic E-state index is 6.04. The van der Waals surface area contributed by atoms with Gasteiger partial charge in [-0.25, -0.2) is 69.8 Å². The summed E-state index contributed by atoms with van der Waals surface area (Å²) in [5.41, 5.74) is 25.3. The first-order valence-corrected chi connectivity index (χ1v) is 50.5. The molecule has 0 saturated heterocycles. The molecule has 24 aromatic rings. The summed E-state index contributed by atoms with van der Waals surface area (Å²) < 4.78 is 6.04. The fourth-order valence-electron chi connectivity index (χ4n) is 17.7. The van der Waals surface area contributed by atoms with Crippen molar-refractivity contribution in [1.29, 1.82) is 0 Å². The Morgan fingerprint density at radius 3 is 0.986 bits per heavy atom. The minimum atomic E-state index is 0.208. The third-order valence-electron chi connectivity index (χ3n) is 25.6. The molecule has 718 valence electrons. The molecule has 24 rings (SSSR count). The van der Waals surface area contributed by atoms with Gasteiger partial charge in [0, 0.05) is 117 Å². The normalized spacial score (nSPS) is 11.2. The van der Waals surface area contributed by atoms with E-state index in [0.717, 1.165) is 185 Å². The molecule has 0 aliphatic rings. The number of fused-ring (bicyclic) bond motifs is 9. The van der Waals surface area contributed by atoms with Crippen LogP contribution in [0.15, 0.2) is 441 Å². The van der Waals surface area contributed by atoms with E-state index in [1.165, 1.54) is 33.0 Å². The van der Waals surface area contributed by atoms with Gasteiger partial charge in [-0.2, -0.15) is 0 Å². The molecule has 0 amide bonds. The van der Waals surface area contributed by atoms with Crippen LogP contribution in [0.4, 0.5) is 0 Å². The molecule has 17 aromatic carbocycles. The third-order valence-corrected chi connectivity index (χ3v) is 25.6. The van der Waals surface area contributed by atoms with E-state index < -0.39 is 0 Å². The second-order valence-electron chi connectivity index (χ2n) is 38.2. The summed E-state index contributed by atoms with van der Waals surface area (Å²) >= 11 is 0. The second kappa shape index (κ2) is 45.6. The van der Waals surface area contributed by atoms with Crippen molar-refractivity contribution in [2.75, 3.05) is 0 Å². The van der Waals surface area contributed by atoms with Crippen molar-refractivity contribution in [1.82, 2.24) is 69.8 Å². The summed E-state index contributed by atoms with van der Waals surface area (Å²) in [5, 5.41) is 9.10. The number of hydrogen-bond donors (Lipinski definition) is 0. The molecule has 15 heteroatoms. The number of benzene rings is 17. The number of nitrogens with zero attached hydrogens (tertiary/aromatic N) is 14. The smallest absolute Gasteiger partial charge is 0.163 e. The van der Waals surface area contributed by atoms with Crippen molar-refractivity contribution >= 4 is 76.3 Å². The van der Waals surface area contributed by atoms with E-state index >= 15 is 0 Å². The minimum Gasteiger partial charge on any atom is -0.456 e. The van der Waals surface area contributed by atoms with Gasteiger partial charge in [-0.1, -0.05) is 471 Å². The lowest BCUT2D eigenvalue weighted by Gasteiger charge is -2.15. The van der Waals surface area contributed by atoms with E-state index in [2.05, 4.69) is 359 Å². The van der Waals surface area contributed by atoms with Gasteiger partial charge in [-0.3, -0.25) is 0 Å². The van der Waals surface area contributed by atoms with Crippen LogP contribution in [-0.4, -0.2) is 69.8 Å². The average molecular weight is 1910 g/mol. The molecule has 0 fully saturated rings. The molecule has 0 saturated carbocycles. The predicted molar refractivity (Wildman–Crippen MR) is 607 cm³/mol. The fourth-order valence-corrected chi connectivity index (χ4v) is 17.7. The van der Waals surface area contributed by atoms with Crippen molar-refractivity contribution in [3.05, 3.63) is 471 Å². The highest BCUT2D eigenvalue weighted by atomic mass is 16.3. The van der Waals surface area contributed by atoms with E-state index in [-0.39, 0.29) is 11.8 Å². The Hall–Kier alpha value is -17.8. The van der Waals surface area contributed by atoms with Crippen molar-refractivity contribution in [2.45, 2.75) is 119 Å². The molecule has 7 heterocycles. The van der Waals surface area contributed by atoms with Gasteiger partial charge in [0.15, 0.2) is 34.9 Å². The molecule has 7 aromatic heterocycles. The third kappa shape index (κ3) is 23.0. The highest BCUT2D eigenvalue weighted by Crippen LogP contribution is 2.40. The molecule has 0 atom stereocenters. The Bertz CT molecular complexity index is 8620. The molecular weight excluding hydrogens is 1800 g/mol. The summed E-state index contributed by atoms with van der Waals surface area (Å²) in [6.45, 7) is 25.8. The van der Waals surface area contributed by atoms with Gasteiger partial charge in [0.25, 0.3) is 0 Å². The lowest BCUT2D eigenvalue weighted by atomic mass is 9.94. The van der Waals surface area contributed by atoms with Crippen LogP contribution in [0.2, 0.25) is 0 Å². The fraction of sp³-hybridized carbons (Fsp3) is 0.136. The maximum Gasteiger partial charge on any atom is 0.163 e. The zero-order valence-corrected chi connectivity index (χ0v) is 84.7. The van der Waals surface area contributed by atoms with Crippen molar-refractivity contribution in [3.63, 3.8) is 0 Å². The van der Waals surface area contributed by atoms with Crippen LogP contribution in [0, 0.1) is 0 Å². The number of aromatic nitrogens is 14. The van der Waals surface area contributed by atoms with Gasteiger partial charge in [-0.05, 0) is 88.0 Å². The van der Waals surface area contributed by atoms with Crippen molar-refractivity contribution < 1.29 is 4.42 Å². The summed E-state index contributed by atoms with van der Waals surface area (Å²) in [6, 6.07) is 149. The maximum atomic E-state index is 6.04. The lowest BCUT2D eigenvalue weighted by Crippen LogP contribution is -2.04. The number of para-hydroxylation sites is 2. The van der Waals surface area contributed by atoms with Crippen molar-refractivity contribution in [2.24, 2.45) is 0 Å². The quantitative estimate of drug-likeness (QED) is 0.0781. The zero-order valence-electron chi connectivity index (χ0n) is 84.7. The van der Waals surface area contributed by atoms with Crippen LogP contribution in [0.3, 0.4) is 0 Å². The van der Waals surface area contributed by atoms with E-state index in [1.807, 2.05) is 176 Å². The summed E-state index contributed by atoms with van der Waals surface area (Å²) in [5.74, 6) is 9.67. The second-order valence-corrected chi connectivity index (χ2v) is 38.2. The van der Waals surface area contributed by atoms with Crippen LogP contribution < -0.4 is 0 Å². The van der Waals surface area contributed by atoms with Crippen LogP contribution in [0.5, 0.6) is 0 Å². The summed E-state index contributed by atoms with van der Waals surface area (Å²) in [4.78, 5) is 67.0. The van der Waals surface area contributed by atoms with Gasteiger partial charge in [0.1, 0.15) is 34.5 Å². The van der Waals surface area contributed by atoms with Gasteiger partial charge < -0.3 is 4.42 Å². The predicted octanol–water partition coefficient (Wildman–Crippen LogP) is 34.4. The van der Waals surface area contributed by atoms with Gasteiger partial charge in [0.05, 0.1) is 44.8 Å². The molecule has 0 N–H and O–H groups in total.